The molecular weight excluding hydrogens is 188 g/mol. The van der Waals surface area contributed by atoms with Gasteiger partial charge in [-0.25, -0.2) is 0 Å². The molecule has 14 heavy (non-hydrogen) atoms. The fourth-order valence-corrected chi connectivity index (χ4v) is 4.10. The van der Waals surface area contributed by atoms with Crippen LogP contribution in [0.25, 0.3) is 0 Å². The van der Waals surface area contributed by atoms with E-state index in [1.54, 1.807) is 0 Å². The van der Waals surface area contributed by atoms with Gasteiger partial charge in [0.2, 0.25) is 0 Å². The summed E-state index contributed by atoms with van der Waals surface area (Å²) < 4.78 is 0. The maximum Gasteiger partial charge on any atom is 0.189 e. The maximum absolute atomic E-state index is 3.82. The summed E-state index contributed by atoms with van der Waals surface area (Å²) in [4.78, 5) is 7.34. The zero-order valence-corrected chi connectivity index (χ0v) is 11.7. The van der Waals surface area contributed by atoms with E-state index >= 15 is 0 Å². The standard InChI is InChI=1S/C11H26N2Si/c1-8-9-14(12-10(2,3)4)13-11(5,6)7/h8,12-14H,1,9H2,2-7H3. The van der Waals surface area contributed by atoms with Gasteiger partial charge >= 0.3 is 0 Å². The number of nitrogens with one attached hydrogen (secondary N) is 2. The Hall–Kier alpha value is -0.123. The molecule has 0 amide bonds. The molecule has 0 aliphatic heterocycles. The van der Waals surface area contributed by atoms with E-state index in [9.17, 15) is 0 Å². The summed E-state index contributed by atoms with van der Waals surface area (Å²) in [6.07, 6.45) is 2.01. The summed E-state index contributed by atoms with van der Waals surface area (Å²) in [5.74, 6) is 0. The van der Waals surface area contributed by atoms with Crippen molar-refractivity contribution in [3.05, 3.63) is 12.7 Å². The Morgan fingerprint density at radius 2 is 1.36 bits per heavy atom. The third kappa shape index (κ3) is 8.47. The molecule has 0 saturated heterocycles. The van der Waals surface area contributed by atoms with E-state index in [0.29, 0.717) is 0 Å². The smallest absolute Gasteiger partial charge is 0.189 e. The van der Waals surface area contributed by atoms with Gasteiger partial charge in [-0.2, -0.15) is 0 Å². The molecule has 0 atom stereocenters. The van der Waals surface area contributed by atoms with Crippen molar-refractivity contribution in [2.45, 2.75) is 58.7 Å². The second-order valence-corrected chi connectivity index (χ2v) is 8.02. The highest BCUT2D eigenvalue weighted by atomic mass is 28.3. The Kier molecular flexibility index (Phi) is 5.05. The largest absolute Gasteiger partial charge is 0.323 e. The van der Waals surface area contributed by atoms with Crippen molar-refractivity contribution in [3.8, 4) is 0 Å². The second kappa shape index (κ2) is 5.10. The van der Waals surface area contributed by atoms with Gasteiger partial charge in [-0.1, -0.05) is 6.08 Å². The monoisotopic (exact) mass is 214 g/mol. The first kappa shape index (κ1) is 13.9. The molecule has 0 aliphatic carbocycles. The van der Waals surface area contributed by atoms with Crippen LogP contribution in [-0.4, -0.2) is 20.2 Å². The lowest BCUT2D eigenvalue weighted by Gasteiger charge is -2.32. The van der Waals surface area contributed by atoms with Crippen molar-refractivity contribution in [1.29, 1.82) is 0 Å². The van der Waals surface area contributed by atoms with Crippen molar-refractivity contribution in [3.63, 3.8) is 0 Å². The molecule has 0 aromatic heterocycles. The Balaban J connectivity index is 4.23. The number of allylic oxidation sites excluding steroid dienone is 1. The lowest BCUT2D eigenvalue weighted by atomic mass is 10.1. The van der Waals surface area contributed by atoms with Crippen LogP contribution < -0.4 is 9.96 Å². The molecule has 3 heteroatoms. The molecule has 0 aliphatic rings. The van der Waals surface area contributed by atoms with Crippen LogP contribution in [0.15, 0.2) is 12.7 Å². The molecule has 0 heterocycles. The summed E-state index contributed by atoms with van der Waals surface area (Å²) in [6.45, 7) is 17.1. The quantitative estimate of drug-likeness (QED) is 0.554. The number of hydrogen-bond acceptors (Lipinski definition) is 2. The van der Waals surface area contributed by atoms with E-state index in [0.717, 1.165) is 6.04 Å². The van der Waals surface area contributed by atoms with Crippen LogP contribution in [0, 0.1) is 0 Å². The van der Waals surface area contributed by atoms with E-state index in [-0.39, 0.29) is 11.1 Å². The third-order valence-corrected chi connectivity index (χ3v) is 4.85. The maximum atomic E-state index is 3.82. The lowest BCUT2D eigenvalue weighted by molar-refractivity contribution is 0.474. The zero-order valence-electron chi connectivity index (χ0n) is 10.6. The molecule has 0 aromatic carbocycles. The minimum atomic E-state index is -1.10. The predicted molar refractivity (Wildman–Crippen MR) is 67.9 cm³/mol. The fraction of sp³-hybridized carbons (Fsp3) is 0.818. The van der Waals surface area contributed by atoms with Gasteiger partial charge in [0.05, 0.1) is 0 Å². The molecule has 0 fully saturated rings. The van der Waals surface area contributed by atoms with Gasteiger partial charge in [-0.3, -0.25) is 0 Å². The van der Waals surface area contributed by atoms with Crippen LogP contribution in [0.3, 0.4) is 0 Å². The number of hydrogen-bond donors (Lipinski definition) is 2. The zero-order chi connectivity index (χ0) is 11.4. The highest BCUT2D eigenvalue weighted by molar-refractivity contribution is 6.54. The second-order valence-electron chi connectivity index (χ2n) is 5.87. The van der Waals surface area contributed by atoms with E-state index < -0.39 is 9.12 Å². The van der Waals surface area contributed by atoms with E-state index in [1.807, 2.05) is 6.08 Å². The molecule has 84 valence electrons. The van der Waals surface area contributed by atoms with E-state index in [1.165, 1.54) is 0 Å². The molecule has 0 rings (SSSR count). The minimum Gasteiger partial charge on any atom is -0.323 e. The van der Waals surface area contributed by atoms with Gasteiger partial charge in [0.1, 0.15) is 0 Å². The van der Waals surface area contributed by atoms with Crippen molar-refractivity contribution >= 4 is 9.12 Å². The van der Waals surface area contributed by atoms with Gasteiger partial charge in [0, 0.05) is 11.1 Å². The minimum absolute atomic E-state index is 0.193. The predicted octanol–water partition coefficient (Wildman–Crippen LogP) is 2.17. The third-order valence-electron chi connectivity index (χ3n) is 1.62. The summed E-state index contributed by atoms with van der Waals surface area (Å²) >= 11 is 0. The normalized spacial score (nSPS) is 13.4. The average Bonchev–Trinajstić information content (AvgIpc) is 1.78. The van der Waals surface area contributed by atoms with Crippen LogP contribution in [-0.2, 0) is 0 Å². The number of rotatable bonds is 4. The Morgan fingerprint density at radius 1 is 1.00 bits per heavy atom. The molecule has 0 aromatic rings. The molecular formula is C11H26N2Si. The summed E-state index contributed by atoms with van der Waals surface area (Å²) in [6, 6.07) is 1.08. The van der Waals surface area contributed by atoms with Gasteiger partial charge in [0.15, 0.2) is 9.12 Å². The summed E-state index contributed by atoms with van der Waals surface area (Å²) in [5, 5.41) is 0. The van der Waals surface area contributed by atoms with Gasteiger partial charge in [-0.05, 0) is 47.6 Å². The molecule has 0 bridgehead atoms. The molecule has 0 spiro atoms. The van der Waals surface area contributed by atoms with Gasteiger partial charge < -0.3 is 9.96 Å². The first-order valence-electron chi connectivity index (χ1n) is 5.30. The van der Waals surface area contributed by atoms with Crippen molar-refractivity contribution in [2.75, 3.05) is 0 Å². The molecule has 2 N–H and O–H groups in total. The summed E-state index contributed by atoms with van der Waals surface area (Å²) in [7, 11) is -1.10. The van der Waals surface area contributed by atoms with Gasteiger partial charge in [-0.15, -0.1) is 6.58 Å². The highest BCUT2D eigenvalue weighted by Gasteiger charge is 2.22. The SMILES string of the molecule is C=CC[SiH](NC(C)(C)C)NC(C)(C)C. The van der Waals surface area contributed by atoms with Crippen molar-refractivity contribution < 1.29 is 0 Å². The first-order valence-corrected chi connectivity index (χ1v) is 7.27. The lowest BCUT2D eigenvalue weighted by Crippen LogP contribution is -2.59. The highest BCUT2D eigenvalue weighted by Crippen LogP contribution is 2.05. The molecule has 0 unspecified atom stereocenters. The molecule has 0 saturated carbocycles. The van der Waals surface area contributed by atoms with Crippen LogP contribution in [0.2, 0.25) is 6.04 Å². The van der Waals surface area contributed by atoms with Crippen molar-refractivity contribution in [1.82, 2.24) is 9.96 Å². The van der Waals surface area contributed by atoms with E-state index in [4.69, 9.17) is 0 Å². The molecule has 0 radical (unpaired) electrons. The Bertz CT molecular complexity index is 161. The van der Waals surface area contributed by atoms with Gasteiger partial charge in [0.25, 0.3) is 0 Å². The molecule has 2 nitrogen and oxygen atoms in total. The topological polar surface area (TPSA) is 24.1 Å². The Morgan fingerprint density at radius 3 is 1.57 bits per heavy atom. The average molecular weight is 214 g/mol. The fourth-order valence-electron chi connectivity index (χ4n) is 1.37. The van der Waals surface area contributed by atoms with Crippen LogP contribution in [0.5, 0.6) is 0 Å². The first-order chi connectivity index (χ1) is 6.14. The van der Waals surface area contributed by atoms with Crippen LogP contribution in [0.1, 0.15) is 41.5 Å². The van der Waals surface area contributed by atoms with E-state index in [2.05, 4.69) is 58.1 Å². The van der Waals surface area contributed by atoms with Crippen LogP contribution >= 0.6 is 0 Å². The Labute approximate surface area is 90.9 Å². The summed E-state index contributed by atoms with van der Waals surface area (Å²) in [5.41, 5.74) is 0.385. The van der Waals surface area contributed by atoms with Crippen LogP contribution in [0.4, 0.5) is 0 Å². The van der Waals surface area contributed by atoms with Crippen molar-refractivity contribution in [2.24, 2.45) is 0 Å².